The molecule has 1 aliphatic rings. The first-order valence-corrected chi connectivity index (χ1v) is 7.91. The van der Waals surface area contributed by atoms with Crippen molar-refractivity contribution in [2.24, 2.45) is 18.1 Å². The number of likely N-dealkylation sites (tertiary alicyclic amines) is 1. The maximum atomic E-state index is 12.4. The van der Waals surface area contributed by atoms with Gasteiger partial charge in [-0.15, -0.1) is 0 Å². The number of amides is 1. The molecule has 2 unspecified atom stereocenters. The van der Waals surface area contributed by atoms with Crippen molar-refractivity contribution in [3.63, 3.8) is 0 Å². The highest BCUT2D eigenvalue weighted by molar-refractivity contribution is 7.89. The number of carbonyl (C=O) groups is 1. The first-order chi connectivity index (χ1) is 9.20. The van der Waals surface area contributed by atoms with Gasteiger partial charge in [-0.2, -0.15) is 0 Å². The van der Waals surface area contributed by atoms with Gasteiger partial charge in [-0.25, -0.2) is 13.6 Å². The van der Waals surface area contributed by atoms with Crippen LogP contribution in [0.3, 0.4) is 0 Å². The lowest BCUT2D eigenvalue weighted by molar-refractivity contribution is 0.0292. The Hall–Kier alpha value is -1.38. The summed E-state index contributed by atoms with van der Waals surface area (Å²) < 4.78 is 24.1. The normalized spacial score (nSPS) is 23.9. The average molecular weight is 301 g/mol. The van der Waals surface area contributed by atoms with Gasteiger partial charge in [0.2, 0.25) is 10.0 Å². The first kappa shape index (κ1) is 15.0. The van der Waals surface area contributed by atoms with Crippen molar-refractivity contribution >= 4 is 15.9 Å². The van der Waals surface area contributed by atoms with Gasteiger partial charge in [-0.3, -0.25) is 4.79 Å². The Bertz CT molecular complexity index is 623. The molecule has 2 atom stereocenters. The van der Waals surface area contributed by atoms with Crippen LogP contribution in [0.4, 0.5) is 0 Å². The zero-order valence-corrected chi connectivity index (χ0v) is 12.3. The molecule has 0 aromatic carbocycles. The second-order valence-electron chi connectivity index (χ2n) is 5.30. The summed E-state index contributed by atoms with van der Waals surface area (Å²) >= 11 is 0. The van der Waals surface area contributed by atoms with E-state index in [0.29, 0.717) is 19.5 Å². The summed E-state index contributed by atoms with van der Waals surface area (Å²) in [6, 6.07) is 1.29. The summed E-state index contributed by atoms with van der Waals surface area (Å²) in [4.78, 5) is 14.0. The Morgan fingerprint density at radius 2 is 2.15 bits per heavy atom. The highest BCUT2D eigenvalue weighted by Gasteiger charge is 2.29. The number of nitrogens with zero attached hydrogens (tertiary/aromatic N) is 2. The highest BCUT2D eigenvalue weighted by atomic mass is 32.2. The summed E-state index contributed by atoms with van der Waals surface area (Å²) in [5.74, 6) is -0.244. The third kappa shape index (κ3) is 2.87. The SMILES string of the molecule is CC1CN(C(=O)c2cc(S(N)(=O)=O)cn2C)CCC1O. The van der Waals surface area contributed by atoms with Gasteiger partial charge in [0, 0.05) is 26.3 Å². The molecule has 2 rings (SSSR count). The van der Waals surface area contributed by atoms with E-state index in [2.05, 4.69) is 0 Å². The standard InChI is InChI=1S/C12H19N3O4S/c1-8-6-15(4-3-11(8)16)12(17)10-5-9(7-14(10)2)20(13,18)19/h5,7-8,11,16H,3-4,6H2,1-2H3,(H2,13,18,19). The Morgan fingerprint density at radius 1 is 1.50 bits per heavy atom. The minimum absolute atomic E-state index is 0.00526. The molecule has 0 saturated carbocycles. The highest BCUT2D eigenvalue weighted by Crippen LogP contribution is 2.20. The molecule has 1 aromatic heterocycles. The van der Waals surface area contributed by atoms with E-state index in [-0.39, 0.29) is 22.4 Å². The van der Waals surface area contributed by atoms with Crippen molar-refractivity contribution in [3.8, 4) is 0 Å². The summed E-state index contributed by atoms with van der Waals surface area (Å²) in [6.45, 7) is 2.79. The fourth-order valence-corrected chi connectivity index (χ4v) is 2.96. The van der Waals surface area contributed by atoms with E-state index in [1.165, 1.54) is 16.8 Å². The van der Waals surface area contributed by atoms with E-state index < -0.39 is 16.1 Å². The van der Waals surface area contributed by atoms with Crippen LogP contribution in [0.5, 0.6) is 0 Å². The van der Waals surface area contributed by atoms with Crippen LogP contribution in [0.15, 0.2) is 17.2 Å². The van der Waals surface area contributed by atoms with Crippen molar-refractivity contribution in [2.45, 2.75) is 24.3 Å². The molecule has 1 aromatic rings. The fourth-order valence-electron chi connectivity index (χ4n) is 2.38. The number of sulfonamides is 1. The molecule has 1 fully saturated rings. The second-order valence-corrected chi connectivity index (χ2v) is 6.86. The summed E-state index contributed by atoms with van der Waals surface area (Å²) in [5.41, 5.74) is 0.276. The molecule has 1 saturated heterocycles. The van der Waals surface area contributed by atoms with Crippen molar-refractivity contribution in [3.05, 3.63) is 18.0 Å². The van der Waals surface area contributed by atoms with E-state index in [1.807, 2.05) is 6.92 Å². The molecular formula is C12H19N3O4S. The van der Waals surface area contributed by atoms with Crippen LogP contribution >= 0.6 is 0 Å². The summed E-state index contributed by atoms with van der Waals surface area (Å²) in [6.07, 6.45) is 1.46. The van der Waals surface area contributed by atoms with E-state index in [4.69, 9.17) is 5.14 Å². The maximum Gasteiger partial charge on any atom is 0.270 e. The van der Waals surface area contributed by atoms with Gasteiger partial charge in [-0.05, 0) is 18.4 Å². The summed E-state index contributed by atoms with van der Waals surface area (Å²) in [5, 5.41) is 14.7. The Kier molecular flexibility index (Phi) is 3.90. The van der Waals surface area contributed by atoms with Gasteiger partial charge >= 0.3 is 0 Å². The van der Waals surface area contributed by atoms with Crippen molar-refractivity contribution in [1.29, 1.82) is 0 Å². The largest absolute Gasteiger partial charge is 0.393 e. The van der Waals surface area contributed by atoms with Gasteiger partial charge in [0.1, 0.15) is 10.6 Å². The lowest BCUT2D eigenvalue weighted by atomic mass is 9.96. The Balaban J connectivity index is 2.24. The topological polar surface area (TPSA) is 106 Å². The van der Waals surface area contributed by atoms with Gasteiger partial charge in [0.25, 0.3) is 5.91 Å². The van der Waals surface area contributed by atoms with Crippen molar-refractivity contribution in [2.75, 3.05) is 13.1 Å². The minimum Gasteiger partial charge on any atom is -0.393 e. The number of aryl methyl sites for hydroxylation is 1. The smallest absolute Gasteiger partial charge is 0.270 e. The van der Waals surface area contributed by atoms with E-state index in [9.17, 15) is 18.3 Å². The van der Waals surface area contributed by atoms with Crippen LogP contribution in [-0.2, 0) is 17.1 Å². The van der Waals surface area contributed by atoms with E-state index in [1.54, 1.807) is 11.9 Å². The number of piperidine rings is 1. The van der Waals surface area contributed by atoms with Gasteiger partial charge in [-0.1, -0.05) is 6.92 Å². The number of nitrogens with two attached hydrogens (primary N) is 1. The number of primary sulfonamides is 1. The van der Waals surface area contributed by atoms with Crippen LogP contribution in [0.2, 0.25) is 0 Å². The number of aliphatic hydroxyl groups excluding tert-OH is 1. The Morgan fingerprint density at radius 3 is 2.65 bits per heavy atom. The molecular weight excluding hydrogens is 282 g/mol. The van der Waals surface area contributed by atoms with Crippen LogP contribution in [0, 0.1) is 5.92 Å². The molecule has 7 nitrogen and oxygen atoms in total. The molecule has 1 amide bonds. The van der Waals surface area contributed by atoms with Gasteiger partial charge < -0.3 is 14.6 Å². The maximum absolute atomic E-state index is 12.4. The second kappa shape index (κ2) is 5.19. The molecule has 0 aliphatic carbocycles. The molecule has 3 N–H and O–H groups in total. The number of aliphatic hydroxyl groups is 1. The fraction of sp³-hybridized carbons (Fsp3) is 0.583. The number of hydrogen-bond acceptors (Lipinski definition) is 4. The first-order valence-electron chi connectivity index (χ1n) is 6.36. The third-order valence-corrected chi connectivity index (χ3v) is 4.56. The molecule has 0 spiro atoms. The zero-order chi connectivity index (χ0) is 15.1. The quantitative estimate of drug-likeness (QED) is 0.769. The number of hydrogen-bond donors (Lipinski definition) is 2. The predicted molar refractivity (Wildman–Crippen MR) is 72.5 cm³/mol. The molecule has 20 heavy (non-hydrogen) atoms. The van der Waals surface area contributed by atoms with Crippen LogP contribution in [-0.4, -0.2) is 48.1 Å². The molecule has 8 heteroatoms. The number of aromatic nitrogens is 1. The number of carbonyl (C=O) groups excluding carboxylic acids is 1. The van der Waals surface area contributed by atoms with Crippen molar-refractivity contribution < 1.29 is 18.3 Å². The molecule has 112 valence electrons. The monoisotopic (exact) mass is 301 g/mol. The summed E-state index contributed by atoms with van der Waals surface area (Å²) in [7, 11) is -2.22. The predicted octanol–water partition coefficient (Wildman–Crippen LogP) is -0.485. The van der Waals surface area contributed by atoms with Crippen LogP contribution in [0.1, 0.15) is 23.8 Å². The van der Waals surface area contributed by atoms with Crippen LogP contribution < -0.4 is 5.14 Å². The molecule has 0 radical (unpaired) electrons. The van der Waals surface area contributed by atoms with E-state index in [0.717, 1.165) is 0 Å². The molecule has 1 aliphatic heterocycles. The third-order valence-electron chi connectivity index (χ3n) is 3.67. The lowest BCUT2D eigenvalue weighted by Gasteiger charge is -2.34. The molecule has 0 bridgehead atoms. The lowest BCUT2D eigenvalue weighted by Crippen LogP contribution is -2.45. The van der Waals surface area contributed by atoms with Crippen molar-refractivity contribution in [1.82, 2.24) is 9.47 Å². The number of rotatable bonds is 2. The zero-order valence-electron chi connectivity index (χ0n) is 11.5. The minimum atomic E-state index is -3.82. The average Bonchev–Trinajstić information content (AvgIpc) is 2.74. The van der Waals surface area contributed by atoms with Gasteiger partial charge in [0.05, 0.1) is 6.10 Å². The van der Waals surface area contributed by atoms with E-state index >= 15 is 0 Å². The Labute approximate surface area is 118 Å². The molecule has 2 heterocycles. The van der Waals surface area contributed by atoms with Gasteiger partial charge in [0.15, 0.2) is 0 Å². The van der Waals surface area contributed by atoms with Crippen LogP contribution in [0.25, 0.3) is 0 Å².